The highest BCUT2D eigenvalue weighted by Gasteiger charge is 2.16. The quantitative estimate of drug-likeness (QED) is 0.712. The predicted molar refractivity (Wildman–Crippen MR) is 104 cm³/mol. The second-order valence-corrected chi connectivity index (χ2v) is 7.62. The minimum atomic E-state index is 0.249. The minimum absolute atomic E-state index is 0.249. The first-order valence-corrected chi connectivity index (χ1v) is 9.35. The van der Waals surface area contributed by atoms with Crippen LogP contribution in [0.25, 0.3) is 10.9 Å². The van der Waals surface area contributed by atoms with E-state index in [0.29, 0.717) is 12.0 Å². The molecule has 0 aliphatic rings. The van der Waals surface area contributed by atoms with Crippen LogP contribution in [0.15, 0.2) is 18.2 Å². The Hall–Kier alpha value is -1.48. The van der Waals surface area contributed by atoms with Gasteiger partial charge in [-0.1, -0.05) is 34.6 Å². The van der Waals surface area contributed by atoms with Gasteiger partial charge in [-0.2, -0.15) is 0 Å². The third-order valence-electron chi connectivity index (χ3n) is 4.57. The van der Waals surface area contributed by atoms with E-state index < -0.39 is 0 Å². The van der Waals surface area contributed by atoms with Crippen molar-refractivity contribution < 1.29 is 4.74 Å². The zero-order valence-corrected chi connectivity index (χ0v) is 16.4. The van der Waals surface area contributed by atoms with Gasteiger partial charge in [0.05, 0.1) is 6.10 Å². The van der Waals surface area contributed by atoms with Gasteiger partial charge in [0.1, 0.15) is 5.75 Å². The number of nitrogens with zero attached hydrogens (tertiary/aromatic N) is 1. The maximum absolute atomic E-state index is 6.05. The van der Waals surface area contributed by atoms with Gasteiger partial charge in [0.15, 0.2) is 0 Å². The summed E-state index contributed by atoms with van der Waals surface area (Å²) in [5.74, 6) is 1.60. The van der Waals surface area contributed by atoms with E-state index in [1.165, 1.54) is 22.2 Å². The molecule has 0 spiro atoms. The van der Waals surface area contributed by atoms with E-state index in [2.05, 4.69) is 76.5 Å². The summed E-state index contributed by atoms with van der Waals surface area (Å²) in [6.07, 6.45) is 1.27. The highest BCUT2D eigenvalue weighted by Crippen LogP contribution is 2.30. The van der Waals surface area contributed by atoms with Crippen LogP contribution < -0.4 is 10.1 Å². The molecule has 134 valence electrons. The number of hydrogen-bond acceptors (Lipinski definition) is 2. The number of rotatable bonds is 8. The zero-order valence-electron chi connectivity index (χ0n) is 16.4. The molecule has 24 heavy (non-hydrogen) atoms. The number of aromatic nitrogens is 1. The number of ether oxygens (including phenoxy) is 1. The second kappa shape index (κ2) is 8.06. The third kappa shape index (κ3) is 4.32. The summed E-state index contributed by atoms with van der Waals surface area (Å²) >= 11 is 0. The van der Waals surface area contributed by atoms with Crippen molar-refractivity contribution >= 4 is 10.9 Å². The van der Waals surface area contributed by atoms with Crippen molar-refractivity contribution in [3.63, 3.8) is 0 Å². The molecule has 0 saturated carbocycles. The fourth-order valence-corrected chi connectivity index (χ4v) is 3.05. The van der Waals surface area contributed by atoms with Crippen LogP contribution in [0.1, 0.15) is 59.2 Å². The molecule has 2 rings (SSSR count). The lowest BCUT2D eigenvalue weighted by Crippen LogP contribution is -2.22. The molecule has 1 aromatic heterocycles. The number of nitrogens with one attached hydrogen (secondary N) is 1. The molecule has 0 aliphatic carbocycles. The normalized spacial score (nSPS) is 13.2. The Morgan fingerprint density at radius 3 is 2.42 bits per heavy atom. The molecule has 1 aromatic carbocycles. The molecule has 0 unspecified atom stereocenters. The molecular formula is C21H34N2O. The van der Waals surface area contributed by atoms with Crippen LogP contribution in [-0.2, 0) is 13.1 Å². The SMILES string of the molecule is CC[C@@H](C)Oc1ccc2c(c1)c(CNC(C)C)c(C)n2CC(C)C. The van der Waals surface area contributed by atoms with Crippen molar-refractivity contribution in [1.82, 2.24) is 9.88 Å². The summed E-state index contributed by atoms with van der Waals surface area (Å²) in [5.41, 5.74) is 4.08. The van der Waals surface area contributed by atoms with Gasteiger partial charge < -0.3 is 14.6 Å². The average molecular weight is 331 g/mol. The van der Waals surface area contributed by atoms with Crippen molar-refractivity contribution in [3.05, 3.63) is 29.5 Å². The van der Waals surface area contributed by atoms with E-state index in [1.54, 1.807) is 0 Å². The molecule has 3 heteroatoms. The van der Waals surface area contributed by atoms with Gasteiger partial charge in [0.2, 0.25) is 0 Å². The Bertz CT molecular complexity index is 670. The van der Waals surface area contributed by atoms with Gasteiger partial charge in [-0.3, -0.25) is 0 Å². The Morgan fingerprint density at radius 1 is 1.12 bits per heavy atom. The number of fused-ring (bicyclic) bond motifs is 1. The fraction of sp³-hybridized carbons (Fsp3) is 0.619. The van der Waals surface area contributed by atoms with E-state index in [1.807, 2.05) is 0 Å². The molecule has 1 heterocycles. The molecule has 0 bridgehead atoms. The molecule has 0 fully saturated rings. The maximum Gasteiger partial charge on any atom is 0.120 e. The van der Waals surface area contributed by atoms with Gasteiger partial charge in [0.25, 0.3) is 0 Å². The molecule has 0 amide bonds. The Kier molecular flexibility index (Phi) is 6.34. The van der Waals surface area contributed by atoms with E-state index >= 15 is 0 Å². The van der Waals surface area contributed by atoms with Crippen molar-refractivity contribution in [3.8, 4) is 5.75 Å². The summed E-state index contributed by atoms with van der Waals surface area (Å²) in [6.45, 7) is 17.4. The lowest BCUT2D eigenvalue weighted by atomic mass is 10.1. The van der Waals surface area contributed by atoms with E-state index in [0.717, 1.165) is 25.3 Å². The first-order chi connectivity index (χ1) is 11.3. The molecular weight excluding hydrogens is 296 g/mol. The van der Waals surface area contributed by atoms with Crippen LogP contribution >= 0.6 is 0 Å². The van der Waals surface area contributed by atoms with Crippen molar-refractivity contribution in [1.29, 1.82) is 0 Å². The van der Waals surface area contributed by atoms with Gasteiger partial charge in [-0.05, 0) is 49.9 Å². The first-order valence-electron chi connectivity index (χ1n) is 9.35. The lowest BCUT2D eigenvalue weighted by Gasteiger charge is -2.13. The molecule has 0 radical (unpaired) electrons. The van der Waals surface area contributed by atoms with Gasteiger partial charge in [-0.25, -0.2) is 0 Å². The first kappa shape index (κ1) is 18.9. The largest absolute Gasteiger partial charge is 0.491 e. The predicted octanol–water partition coefficient (Wildman–Crippen LogP) is 5.28. The third-order valence-corrected chi connectivity index (χ3v) is 4.57. The smallest absolute Gasteiger partial charge is 0.120 e. The van der Waals surface area contributed by atoms with Crippen molar-refractivity contribution in [2.24, 2.45) is 5.92 Å². The average Bonchev–Trinajstić information content (AvgIpc) is 2.76. The van der Waals surface area contributed by atoms with Crippen molar-refractivity contribution in [2.75, 3.05) is 0 Å². The van der Waals surface area contributed by atoms with Crippen LogP contribution in [-0.4, -0.2) is 16.7 Å². The summed E-state index contributed by atoms with van der Waals surface area (Å²) < 4.78 is 8.52. The van der Waals surface area contributed by atoms with Crippen LogP contribution in [0.3, 0.4) is 0 Å². The van der Waals surface area contributed by atoms with Crippen LogP contribution in [0, 0.1) is 12.8 Å². The highest BCUT2D eigenvalue weighted by atomic mass is 16.5. The summed E-state index contributed by atoms with van der Waals surface area (Å²) in [6, 6.07) is 7.04. The molecule has 1 atom stereocenters. The van der Waals surface area contributed by atoms with Gasteiger partial charge in [-0.15, -0.1) is 0 Å². The monoisotopic (exact) mass is 330 g/mol. The van der Waals surface area contributed by atoms with Gasteiger partial charge >= 0.3 is 0 Å². The molecule has 2 aromatic rings. The number of hydrogen-bond donors (Lipinski definition) is 1. The molecule has 0 aliphatic heterocycles. The minimum Gasteiger partial charge on any atom is -0.491 e. The van der Waals surface area contributed by atoms with E-state index in [9.17, 15) is 0 Å². The Balaban J connectivity index is 2.48. The zero-order chi connectivity index (χ0) is 17.9. The summed E-state index contributed by atoms with van der Waals surface area (Å²) in [5, 5.41) is 4.90. The Labute approximate surface area is 147 Å². The van der Waals surface area contributed by atoms with Crippen LogP contribution in [0.5, 0.6) is 5.75 Å². The number of benzene rings is 1. The fourth-order valence-electron chi connectivity index (χ4n) is 3.05. The van der Waals surface area contributed by atoms with Crippen LogP contribution in [0.2, 0.25) is 0 Å². The summed E-state index contributed by atoms with van der Waals surface area (Å²) in [4.78, 5) is 0. The summed E-state index contributed by atoms with van der Waals surface area (Å²) in [7, 11) is 0. The van der Waals surface area contributed by atoms with E-state index in [-0.39, 0.29) is 6.10 Å². The molecule has 1 N–H and O–H groups in total. The second-order valence-electron chi connectivity index (χ2n) is 7.62. The van der Waals surface area contributed by atoms with Crippen LogP contribution in [0.4, 0.5) is 0 Å². The lowest BCUT2D eigenvalue weighted by molar-refractivity contribution is 0.217. The maximum atomic E-state index is 6.05. The van der Waals surface area contributed by atoms with E-state index in [4.69, 9.17) is 4.74 Å². The molecule has 3 nitrogen and oxygen atoms in total. The van der Waals surface area contributed by atoms with Gasteiger partial charge in [0, 0.05) is 35.7 Å². The Morgan fingerprint density at radius 2 is 1.83 bits per heavy atom. The topological polar surface area (TPSA) is 26.2 Å². The standard InChI is InChI=1S/C21H34N2O/c1-8-16(6)24-18-9-10-21-19(11-18)20(12-22-15(4)5)17(7)23(21)13-14(2)3/h9-11,14-16,22H,8,12-13H2,1-7H3/t16-/m1/s1. The highest BCUT2D eigenvalue weighted by molar-refractivity contribution is 5.87. The van der Waals surface area contributed by atoms with Crippen molar-refractivity contribution in [2.45, 2.75) is 80.1 Å². The molecule has 0 saturated heterocycles.